The van der Waals surface area contributed by atoms with Crippen molar-refractivity contribution in [1.29, 1.82) is 0 Å². The smallest absolute Gasteiger partial charge is 0.320 e. The van der Waals surface area contributed by atoms with Crippen LogP contribution in [0.1, 0.15) is 23.1 Å². The average molecular weight is 435 g/mol. The molecule has 138 valence electrons. The van der Waals surface area contributed by atoms with Gasteiger partial charge in [-0.1, -0.05) is 15.9 Å². The number of aryl methyl sites for hydroxylation is 1. The topological polar surface area (TPSA) is 32.9 Å². The zero-order chi connectivity index (χ0) is 19.2. The van der Waals surface area contributed by atoms with E-state index in [1.165, 1.54) is 10.5 Å². The summed E-state index contributed by atoms with van der Waals surface area (Å²) in [5.74, 6) is 0. The van der Waals surface area contributed by atoms with Gasteiger partial charge in [-0.05, 0) is 49.4 Å². The summed E-state index contributed by atoms with van der Waals surface area (Å²) in [6.45, 7) is 1.78. The van der Waals surface area contributed by atoms with Crippen molar-refractivity contribution in [3.8, 4) is 0 Å². The van der Waals surface area contributed by atoms with Gasteiger partial charge in [-0.15, -0.1) is 0 Å². The predicted molar refractivity (Wildman–Crippen MR) is 102 cm³/mol. The number of pyridine rings is 1. The molecule has 1 aromatic carbocycles. The van der Waals surface area contributed by atoms with Gasteiger partial charge in [-0.25, -0.2) is 4.98 Å². The second-order valence-corrected chi connectivity index (χ2v) is 7.04. The lowest BCUT2D eigenvalue weighted by Crippen LogP contribution is -2.25. The first-order chi connectivity index (χ1) is 12.8. The van der Waals surface area contributed by atoms with Crippen LogP contribution in [0.2, 0.25) is 0 Å². The molecule has 3 heterocycles. The van der Waals surface area contributed by atoms with E-state index in [1.54, 1.807) is 19.2 Å². The third kappa shape index (κ3) is 3.25. The van der Waals surface area contributed by atoms with Gasteiger partial charge in [0.2, 0.25) is 0 Å². The maximum Gasteiger partial charge on any atom is 0.417 e. The summed E-state index contributed by atoms with van der Waals surface area (Å²) in [7, 11) is 0. The van der Waals surface area contributed by atoms with E-state index in [0.717, 1.165) is 22.4 Å². The van der Waals surface area contributed by atoms with Gasteiger partial charge in [-0.3, -0.25) is 9.39 Å². The summed E-state index contributed by atoms with van der Waals surface area (Å²) in [5.41, 5.74) is 1.83. The quantitative estimate of drug-likeness (QED) is 0.531. The lowest BCUT2D eigenvalue weighted by Gasteiger charge is -2.30. The largest absolute Gasteiger partial charge is 0.417 e. The van der Waals surface area contributed by atoms with E-state index in [4.69, 9.17) is 0 Å². The molecule has 0 bridgehead atoms. The highest BCUT2D eigenvalue weighted by atomic mass is 79.9. The normalized spacial score (nSPS) is 17.1. The number of halogens is 4. The summed E-state index contributed by atoms with van der Waals surface area (Å²) in [4.78, 5) is 10.8. The highest BCUT2D eigenvalue weighted by Gasteiger charge is 2.32. The number of allylic oxidation sites excluding steroid dienone is 1. The van der Waals surface area contributed by atoms with Gasteiger partial charge in [0.05, 0.1) is 17.0 Å². The van der Waals surface area contributed by atoms with E-state index in [9.17, 15) is 13.2 Å². The number of fused-ring (bicyclic) bond motifs is 1. The molecule has 2 aromatic heterocycles. The minimum absolute atomic E-state index is 0.455. The maximum absolute atomic E-state index is 13.2. The number of imidazole rings is 1. The Morgan fingerprint density at radius 2 is 1.81 bits per heavy atom. The third-order valence-electron chi connectivity index (χ3n) is 4.36. The molecule has 4 nitrogen and oxygen atoms in total. The van der Waals surface area contributed by atoms with Crippen LogP contribution in [0.5, 0.6) is 0 Å². The van der Waals surface area contributed by atoms with Crippen molar-refractivity contribution >= 4 is 33.5 Å². The number of benzene rings is 1. The molecule has 1 unspecified atom stereocenters. The number of aliphatic imine (C=N–C) groups is 1. The molecule has 0 N–H and O–H groups in total. The summed E-state index contributed by atoms with van der Waals surface area (Å²) >= 11 is 3.41. The Kier molecular flexibility index (Phi) is 4.30. The van der Waals surface area contributed by atoms with Gasteiger partial charge in [-0.2, -0.15) is 13.2 Å². The number of hydrogen-bond acceptors (Lipinski definition) is 3. The van der Waals surface area contributed by atoms with Crippen molar-refractivity contribution < 1.29 is 13.2 Å². The molecule has 1 aliphatic rings. The van der Waals surface area contributed by atoms with E-state index < -0.39 is 17.9 Å². The molecule has 4 rings (SSSR count). The predicted octanol–water partition coefficient (Wildman–Crippen LogP) is 5.53. The molecular weight excluding hydrogens is 421 g/mol. The molecule has 0 aliphatic carbocycles. The number of rotatable bonds is 2. The first-order valence-electron chi connectivity index (χ1n) is 8.14. The minimum atomic E-state index is -4.43. The number of hydrogen-bond donors (Lipinski definition) is 0. The summed E-state index contributed by atoms with van der Waals surface area (Å²) in [5, 5.41) is 0. The molecular formula is C19H14BrF3N4. The molecule has 8 heteroatoms. The number of aromatic nitrogens is 2. The van der Waals surface area contributed by atoms with E-state index in [1.807, 2.05) is 35.4 Å². The van der Waals surface area contributed by atoms with Crippen LogP contribution in [0.25, 0.3) is 5.65 Å². The van der Waals surface area contributed by atoms with Crippen LogP contribution in [-0.4, -0.2) is 15.6 Å². The van der Waals surface area contributed by atoms with E-state index in [0.29, 0.717) is 17.0 Å². The second-order valence-electron chi connectivity index (χ2n) is 6.12. The van der Waals surface area contributed by atoms with Crippen LogP contribution in [0.15, 0.2) is 64.3 Å². The molecule has 27 heavy (non-hydrogen) atoms. The van der Waals surface area contributed by atoms with Crippen molar-refractivity contribution in [2.75, 3.05) is 4.90 Å². The monoisotopic (exact) mass is 434 g/mol. The minimum Gasteiger partial charge on any atom is -0.320 e. The van der Waals surface area contributed by atoms with Crippen molar-refractivity contribution in [1.82, 2.24) is 9.38 Å². The third-order valence-corrected chi connectivity index (χ3v) is 4.89. The lowest BCUT2D eigenvalue weighted by atomic mass is 10.2. The Hall–Kier alpha value is -2.61. The van der Waals surface area contributed by atoms with E-state index in [2.05, 4.69) is 25.9 Å². The Morgan fingerprint density at radius 1 is 1.07 bits per heavy atom. The zero-order valence-corrected chi connectivity index (χ0v) is 15.7. The highest BCUT2D eigenvalue weighted by Crippen LogP contribution is 2.35. The van der Waals surface area contributed by atoms with Gasteiger partial charge in [0.15, 0.2) is 6.17 Å². The highest BCUT2D eigenvalue weighted by molar-refractivity contribution is 9.10. The van der Waals surface area contributed by atoms with E-state index in [-0.39, 0.29) is 0 Å². The van der Waals surface area contributed by atoms with Crippen molar-refractivity contribution in [2.45, 2.75) is 19.3 Å². The summed E-state index contributed by atoms with van der Waals surface area (Å²) < 4.78 is 42.0. The van der Waals surface area contributed by atoms with Crippen molar-refractivity contribution in [2.24, 2.45) is 4.99 Å². The molecule has 1 aliphatic heterocycles. The molecule has 1 atom stereocenters. The van der Waals surface area contributed by atoms with Crippen LogP contribution in [0.4, 0.5) is 18.9 Å². The SMILES string of the molecule is Cc1nc2ccc(C(F)(F)F)cn2c1C1N=CC=CN1c1ccc(Br)cc1. The molecule has 3 aromatic rings. The maximum atomic E-state index is 13.2. The van der Waals surface area contributed by atoms with Crippen LogP contribution < -0.4 is 4.90 Å². The van der Waals surface area contributed by atoms with Crippen molar-refractivity contribution in [3.05, 3.63) is 76.3 Å². The Morgan fingerprint density at radius 3 is 2.52 bits per heavy atom. The molecule has 0 spiro atoms. The molecule has 0 saturated carbocycles. The standard InChI is InChI=1S/C19H14BrF3N4/c1-12-17(27-11-13(19(21,22)23)3-8-16(27)25-12)18-24-9-2-10-26(18)15-6-4-14(20)5-7-15/h2-11,18H,1H3. The Bertz CT molecular complexity index is 1050. The number of anilines is 1. The zero-order valence-electron chi connectivity index (χ0n) is 14.2. The van der Waals surface area contributed by atoms with E-state index >= 15 is 0 Å². The second kappa shape index (κ2) is 6.53. The Labute approximate surface area is 161 Å². The van der Waals surface area contributed by atoms with Crippen LogP contribution in [0, 0.1) is 6.92 Å². The van der Waals surface area contributed by atoms with Gasteiger partial charge in [0.25, 0.3) is 0 Å². The first-order valence-corrected chi connectivity index (χ1v) is 8.93. The Balaban J connectivity index is 1.86. The van der Waals surface area contributed by atoms with Crippen LogP contribution in [0.3, 0.4) is 0 Å². The van der Waals surface area contributed by atoms with Gasteiger partial charge in [0.1, 0.15) is 5.65 Å². The summed E-state index contributed by atoms with van der Waals surface area (Å²) in [6, 6.07) is 10.1. The van der Waals surface area contributed by atoms with Crippen LogP contribution >= 0.6 is 15.9 Å². The average Bonchev–Trinajstić information content (AvgIpc) is 2.96. The van der Waals surface area contributed by atoms with Crippen molar-refractivity contribution in [3.63, 3.8) is 0 Å². The first kappa shape index (κ1) is 17.8. The molecule has 0 saturated heterocycles. The van der Waals surface area contributed by atoms with Gasteiger partial charge in [0, 0.05) is 28.8 Å². The fourth-order valence-electron chi connectivity index (χ4n) is 3.12. The fourth-order valence-corrected chi connectivity index (χ4v) is 3.38. The van der Waals surface area contributed by atoms with Gasteiger partial charge >= 0.3 is 6.18 Å². The lowest BCUT2D eigenvalue weighted by molar-refractivity contribution is -0.137. The fraction of sp³-hybridized carbons (Fsp3) is 0.158. The molecule has 0 amide bonds. The summed E-state index contributed by atoms with van der Waals surface area (Å²) in [6.07, 6.45) is 1.43. The number of alkyl halides is 3. The van der Waals surface area contributed by atoms with Crippen LogP contribution in [-0.2, 0) is 6.18 Å². The van der Waals surface area contributed by atoms with Gasteiger partial charge < -0.3 is 4.90 Å². The molecule has 0 radical (unpaired) electrons. The molecule has 0 fully saturated rings. The number of nitrogens with zero attached hydrogens (tertiary/aromatic N) is 4.